The lowest BCUT2D eigenvalue weighted by molar-refractivity contribution is 0.102. The van der Waals surface area contributed by atoms with E-state index in [1.165, 1.54) is 0 Å². The Labute approximate surface area is 145 Å². The molecule has 0 aliphatic carbocycles. The number of hydrogen-bond donors (Lipinski definition) is 1. The molecule has 0 unspecified atom stereocenters. The van der Waals surface area contributed by atoms with Crippen LogP contribution in [0.15, 0.2) is 48.5 Å². The minimum atomic E-state index is -0.292. The van der Waals surface area contributed by atoms with Crippen LogP contribution in [0.4, 0.5) is 5.69 Å². The van der Waals surface area contributed by atoms with E-state index in [1.54, 1.807) is 16.8 Å². The smallest absolute Gasteiger partial charge is 0.278 e. The summed E-state index contributed by atoms with van der Waals surface area (Å²) in [5.74, 6) is -0.292. The van der Waals surface area contributed by atoms with Crippen LogP contribution in [0.5, 0.6) is 0 Å². The third-order valence-electron chi connectivity index (χ3n) is 3.83. The molecule has 1 N–H and O–H groups in total. The summed E-state index contributed by atoms with van der Waals surface area (Å²) >= 11 is 6.10. The quantitative estimate of drug-likeness (QED) is 0.779. The molecule has 3 rings (SSSR count). The first-order valence-corrected chi connectivity index (χ1v) is 8.06. The van der Waals surface area contributed by atoms with Crippen molar-refractivity contribution in [2.45, 2.75) is 20.3 Å². The highest BCUT2D eigenvalue weighted by Gasteiger charge is 2.20. The molecule has 0 radical (unpaired) electrons. The Hall–Kier alpha value is -2.66. The summed E-state index contributed by atoms with van der Waals surface area (Å²) < 4.78 is 1.69. The second kappa shape index (κ2) is 6.84. The van der Waals surface area contributed by atoms with Gasteiger partial charge in [0.15, 0.2) is 5.69 Å². The van der Waals surface area contributed by atoms with Gasteiger partial charge in [0.2, 0.25) is 0 Å². The highest BCUT2D eigenvalue weighted by atomic mass is 35.5. The average molecular weight is 341 g/mol. The highest BCUT2D eigenvalue weighted by Crippen LogP contribution is 2.24. The summed E-state index contributed by atoms with van der Waals surface area (Å²) in [4.78, 5) is 12.6. The Morgan fingerprint density at radius 2 is 1.92 bits per heavy atom. The first-order chi connectivity index (χ1) is 11.6. The molecule has 0 bridgehead atoms. The molecule has 122 valence electrons. The second-order valence-electron chi connectivity index (χ2n) is 5.35. The number of carbonyl (C=O) groups is 1. The van der Waals surface area contributed by atoms with Gasteiger partial charge in [-0.25, -0.2) is 4.68 Å². The second-order valence-corrected chi connectivity index (χ2v) is 5.76. The Morgan fingerprint density at radius 3 is 2.62 bits per heavy atom. The fourth-order valence-electron chi connectivity index (χ4n) is 2.50. The number of carbonyl (C=O) groups excluding carboxylic acids is 1. The molecule has 1 aromatic heterocycles. The van der Waals surface area contributed by atoms with Crippen LogP contribution in [0.2, 0.25) is 5.02 Å². The minimum Gasteiger partial charge on any atom is -0.320 e. The summed E-state index contributed by atoms with van der Waals surface area (Å²) in [6.07, 6.45) is 0.638. The van der Waals surface area contributed by atoms with Gasteiger partial charge < -0.3 is 5.32 Å². The molecule has 0 spiro atoms. The van der Waals surface area contributed by atoms with Gasteiger partial charge in [0.1, 0.15) is 0 Å². The molecule has 0 aliphatic rings. The number of aromatic nitrogens is 3. The molecular formula is C18H17ClN4O. The van der Waals surface area contributed by atoms with E-state index in [0.29, 0.717) is 22.8 Å². The third kappa shape index (κ3) is 3.03. The van der Waals surface area contributed by atoms with Crippen molar-refractivity contribution in [2.75, 3.05) is 5.32 Å². The Morgan fingerprint density at radius 1 is 1.17 bits per heavy atom. The van der Waals surface area contributed by atoms with Gasteiger partial charge in [0, 0.05) is 10.7 Å². The largest absolute Gasteiger partial charge is 0.320 e. The molecule has 0 saturated heterocycles. The normalized spacial score (nSPS) is 10.6. The van der Waals surface area contributed by atoms with Crippen molar-refractivity contribution >= 4 is 23.2 Å². The lowest BCUT2D eigenvalue weighted by atomic mass is 10.2. The molecule has 0 aliphatic heterocycles. The SMILES string of the molecule is CCc1c(C(=O)Nc2cccc(Cl)c2C)nnn1-c1ccccc1. The van der Waals surface area contributed by atoms with Crippen molar-refractivity contribution in [1.82, 2.24) is 15.0 Å². The lowest BCUT2D eigenvalue weighted by Crippen LogP contribution is -2.16. The van der Waals surface area contributed by atoms with Gasteiger partial charge in [-0.1, -0.05) is 48.0 Å². The molecule has 24 heavy (non-hydrogen) atoms. The van der Waals surface area contributed by atoms with E-state index in [0.717, 1.165) is 16.9 Å². The molecule has 6 heteroatoms. The number of nitrogens with zero attached hydrogens (tertiary/aromatic N) is 3. The van der Waals surface area contributed by atoms with Gasteiger partial charge in [0.05, 0.1) is 11.4 Å². The number of benzene rings is 2. The van der Waals surface area contributed by atoms with Crippen molar-refractivity contribution in [1.29, 1.82) is 0 Å². The van der Waals surface area contributed by atoms with Gasteiger partial charge in [0.25, 0.3) is 5.91 Å². The van der Waals surface area contributed by atoms with E-state index < -0.39 is 0 Å². The van der Waals surface area contributed by atoms with Crippen LogP contribution < -0.4 is 5.32 Å². The summed E-state index contributed by atoms with van der Waals surface area (Å²) in [6.45, 7) is 3.83. The van der Waals surface area contributed by atoms with Crippen LogP contribution in [0.1, 0.15) is 28.7 Å². The zero-order chi connectivity index (χ0) is 17.1. The van der Waals surface area contributed by atoms with Crippen LogP contribution in [-0.2, 0) is 6.42 Å². The molecule has 0 fully saturated rings. The predicted octanol–water partition coefficient (Wildman–Crippen LogP) is 4.04. The molecular weight excluding hydrogens is 324 g/mol. The topological polar surface area (TPSA) is 59.8 Å². The van der Waals surface area contributed by atoms with E-state index in [-0.39, 0.29) is 5.91 Å². The Bertz CT molecular complexity index is 874. The van der Waals surface area contributed by atoms with Gasteiger partial charge in [-0.05, 0) is 43.2 Å². The van der Waals surface area contributed by atoms with Crippen molar-refractivity contribution in [3.63, 3.8) is 0 Å². The van der Waals surface area contributed by atoms with Gasteiger partial charge in [-0.3, -0.25) is 4.79 Å². The molecule has 2 aromatic carbocycles. The van der Waals surface area contributed by atoms with Crippen molar-refractivity contribution in [2.24, 2.45) is 0 Å². The predicted molar refractivity (Wildman–Crippen MR) is 94.9 cm³/mol. The molecule has 1 heterocycles. The van der Waals surface area contributed by atoms with Gasteiger partial charge in [-0.2, -0.15) is 0 Å². The molecule has 3 aromatic rings. The number of rotatable bonds is 4. The highest BCUT2D eigenvalue weighted by molar-refractivity contribution is 6.31. The number of para-hydroxylation sites is 1. The molecule has 0 atom stereocenters. The molecule has 5 nitrogen and oxygen atoms in total. The monoisotopic (exact) mass is 340 g/mol. The van der Waals surface area contributed by atoms with Crippen LogP contribution in [0, 0.1) is 6.92 Å². The van der Waals surface area contributed by atoms with E-state index in [2.05, 4.69) is 15.6 Å². The average Bonchev–Trinajstić information content (AvgIpc) is 3.04. The number of anilines is 1. The maximum atomic E-state index is 12.6. The van der Waals surface area contributed by atoms with Crippen molar-refractivity contribution in [3.05, 3.63) is 70.5 Å². The molecule has 0 saturated carbocycles. The van der Waals surface area contributed by atoms with Crippen molar-refractivity contribution in [3.8, 4) is 5.69 Å². The summed E-state index contributed by atoms with van der Waals surface area (Å²) in [6, 6.07) is 15.0. The molecule has 1 amide bonds. The summed E-state index contributed by atoms with van der Waals surface area (Å²) in [5, 5.41) is 11.7. The fourth-order valence-corrected chi connectivity index (χ4v) is 2.67. The van der Waals surface area contributed by atoms with Gasteiger partial charge >= 0.3 is 0 Å². The summed E-state index contributed by atoms with van der Waals surface area (Å²) in [5.41, 5.74) is 3.45. The maximum Gasteiger partial charge on any atom is 0.278 e. The number of halogens is 1. The van der Waals surface area contributed by atoms with E-state index in [4.69, 9.17) is 11.6 Å². The van der Waals surface area contributed by atoms with E-state index in [1.807, 2.05) is 50.2 Å². The number of hydrogen-bond acceptors (Lipinski definition) is 3. The van der Waals surface area contributed by atoms with Crippen LogP contribution in [0.3, 0.4) is 0 Å². The minimum absolute atomic E-state index is 0.292. The fraction of sp³-hybridized carbons (Fsp3) is 0.167. The van der Waals surface area contributed by atoms with Crippen LogP contribution in [0.25, 0.3) is 5.69 Å². The summed E-state index contributed by atoms with van der Waals surface area (Å²) in [7, 11) is 0. The maximum absolute atomic E-state index is 12.6. The third-order valence-corrected chi connectivity index (χ3v) is 4.24. The zero-order valence-corrected chi connectivity index (χ0v) is 14.2. The standard InChI is InChI=1S/C18H17ClN4O/c1-3-16-17(21-22-23(16)13-8-5-4-6-9-13)18(24)20-15-11-7-10-14(19)12(15)2/h4-11H,3H2,1-2H3,(H,20,24). The number of nitrogens with one attached hydrogen (secondary N) is 1. The van der Waals surface area contributed by atoms with E-state index in [9.17, 15) is 4.79 Å². The lowest BCUT2D eigenvalue weighted by Gasteiger charge is -2.09. The first-order valence-electron chi connectivity index (χ1n) is 7.68. The first kappa shape index (κ1) is 16.2. The zero-order valence-electron chi connectivity index (χ0n) is 13.5. The van der Waals surface area contributed by atoms with Crippen molar-refractivity contribution < 1.29 is 4.79 Å². The Kier molecular flexibility index (Phi) is 4.62. The van der Waals surface area contributed by atoms with Crippen LogP contribution >= 0.6 is 11.6 Å². The number of amides is 1. The Balaban J connectivity index is 1.94. The van der Waals surface area contributed by atoms with Gasteiger partial charge in [-0.15, -0.1) is 5.10 Å². The van der Waals surface area contributed by atoms with E-state index >= 15 is 0 Å². The van der Waals surface area contributed by atoms with Crippen LogP contribution in [-0.4, -0.2) is 20.9 Å².